The van der Waals surface area contributed by atoms with Crippen LogP contribution < -0.4 is 4.74 Å². The van der Waals surface area contributed by atoms with Crippen molar-refractivity contribution in [2.24, 2.45) is 0 Å². The maximum Gasteiger partial charge on any atom is 0.343 e. The van der Waals surface area contributed by atoms with E-state index < -0.39 is 23.5 Å². The number of rotatable bonds is 6. The fourth-order valence-corrected chi connectivity index (χ4v) is 1.28. The number of hydrogen-bond acceptors (Lipinski definition) is 5. The van der Waals surface area contributed by atoms with Gasteiger partial charge in [0, 0.05) is 12.5 Å². The van der Waals surface area contributed by atoms with E-state index in [1.54, 1.807) is 12.1 Å². The summed E-state index contributed by atoms with van der Waals surface area (Å²) in [6.45, 7) is 0.859. The molecule has 20 heavy (non-hydrogen) atoms. The van der Waals surface area contributed by atoms with Crippen molar-refractivity contribution >= 4 is 24.0 Å². The third-order valence-electron chi connectivity index (χ3n) is 2.16. The molecule has 1 rings (SSSR count). The second-order valence-electron chi connectivity index (χ2n) is 3.60. The van der Waals surface area contributed by atoms with Gasteiger partial charge in [0.05, 0.1) is 0 Å². The first-order chi connectivity index (χ1) is 9.41. The molecule has 0 atom stereocenters. The van der Waals surface area contributed by atoms with Gasteiger partial charge in [0.1, 0.15) is 11.3 Å². The van der Waals surface area contributed by atoms with Crippen LogP contribution in [0.4, 0.5) is 0 Å². The van der Waals surface area contributed by atoms with Crippen LogP contribution in [0.2, 0.25) is 0 Å². The van der Waals surface area contributed by atoms with Crippen LogP contribution in [0, 0.1) is 0 Å². The van der Waals surface area contributed by atoms with Gasteiger partial charge in [-0.25, -0.2) is 9.59 Å². The third kappa shape index (κ3) is 4.45. The van der Waals surface area contributed by atoms with Crippen LogP contribution in [0.5, 0.6) is 5.75 Å². The van der Waals surface area contributed by atoms with Gasteiger partial charge in [-0.1, -0.05) is 18.2 Å². The summed E-state index contributed by atoms with van der Waals surface area (Å²) in [5.41, 5.74) is -0.548. The Bertz CT molecular complexity index is 544. The van der Waals surface area contributed by atoms with Gasteiger partial charge in [0.2, 0.25) is 6.79 Å². The number of carboxylic acid groups (broad SMARTS) is 2. The Labute approximate surface area is 114 Å². The van der Waals surface area contributed by atoms with Gasteiger partial charge in [0.15, 0.2) is 0 Å². The van der Waals surface area contributed by atoms with E-state index in [4.69, 9.17) is 14.9 Å². The summed E-state index contributed by atoms with van der Waals surface area (Å²) in [6, 6.07) is 6.18. The molecule has 2 N–H and O–H groups in total. The predicted octanol–water partition coefficient (Wildman–Crippen LogP) is 1.14. The maximum atomic E-state index is 10.8. The van der Waals surface area contributed by atoms with E-state index in [0.29, 0.717) is 0 Å². The highest BCUT2D eigenvalue weighted by molar-refractivity contribution is 6.16. The van der Waals surface area contributed by atoms with Crippen molar-refractivity contribution in [3.8, 4) is 5.75 Å². The molecule has 0 aliphatic carbocycles. The Hall–Kier alpha value is -2.83. The van der Waals surface area contributed by atoms with E-state index in [9.17, 15) is 14.4 Å². The molecule has 7 nitrogen and oxygen atoms in total. The molecule has 0 heterocycles. The molecular weight excluding hydrogens is 268 g/mol. The minimum Gasteiger partial charge on any atom is -0.477 e. The van der Waals surface area contributed by atoms with Gasteiger partial charge in [-0.2, -0.15) is 0 Å². The minimum atomic E-state index is -1.56. The zero-order valence-corrected chi connectivity index (χ0v) is 10.5. The van der Waals surface area contributed by atoms with Crippen LogP contribution >= 0.6 is 0 Å². The first kappa shape index (κ1) is 15.2. The number of ether oxygens (including phenoxy) is 2. The van der Waals surface area contributed by atoms with Gasteiger partial charge >= 0.3 is 17.9 Å². The topological polar surface area (TPSA) is 110 Å². The number of carbonyl (C=O) groups excluding carboxylic acids is 1. The SMILES string of the molecule is CC(=O)OCOc1ccccc1C=C(C(=O)O)C(=O)O. The van der Waals surface area contributed by atoms with E-state index in [2.05, 4.69) is 4.74 Å². The lowest BCUT2D eigenvalue weighted by Crippen LogP contribution is -2.11. The van der Waals surface area contributed by atoms with Crippen LogP contribution in [-0.2, 0) is 19.1 Å². The molecule has 0 aromatic heterocycles. The second kappa shape index (κ2) is 6.93. The largest absolute Gasteiger partial charge is 0.477 e. The normalized spacial score (nSPS) is 9.45. The van der Waals surface area contributed by atoms with E-state index in [-0.39, 0.29) is 18.1 Å². The average molecular weight is 280 g/mol. The van der Waals surface area contributed by atoms with Crippen molar-refractivity contribution in [3.63, 3.8) is 0 Å². The number of aliphatic carboxylic acids is 2. The molecule has 0 spiro atoms. The number of benzene rings is 1. The first-order valence-electron chi connectivity index (χ1n) is 5.45. The number of hydrogen-bond donors (Lipinski definition) is 2. The fraction of sp³-hybridized carbons (Fsp3) is 0.154. The molecule has 1 aromatic rings. The standard InChI is InChI=1S/C13H12O7/c1-8(14)19-7-20-11-5-3-2-4-9(11)6-10(12(15)16)13(17)18/h2-6H,7H2,1H3,(H,15,16)(H,17,18). The third-order valence-corrected chi connectivity index (χ3v) is 2.16. The van der Waals surface area contributed by atoms with E-state index in [0.717, 1.165) is 6.08 Å². The van der Waals surface area contributed by atoms with Crippen LogP contribution in [0.15, 0.2) is 29.8 Å². The van der Waals surface area contributed by atoms with E-state index >= 15 is 0 Å². The zero-order valence-electron chi connectivity index (χ0n) is 10.5. The molecule has 0 aliphatic rings. The Kier molecular flexibility index (Phi) is 5.28. The van der Waals surface area contributed by atoms with Crippen LogP contribution in [0.1, 0.15) is 12.5 Å². The summed E-state index contributed by atoms with van der Waals surface area (Å²) in [4.78, 5) is 32.2. The van der Waals surface area contributed by atoms with E-state index in [1.165, 1.54) is 19.1 Å². The first-order valence-corrected chi connectivity index (χ1v) is 5.45. The summed E-state index contributed by atoms with van der Waals surface area (Å²) in [7, 11) is 0. The lowest BCUT2D eigenvalue weighted by Gasteiger charge is -2.09. The molecule has 0 unspecified atom stereocenters. The Morgan fingerprint density at radius 3 is 2.30 bits per heavy atom. The molecule has 0 radical (unpaired) electrons. The average Bonchev–Trinajstić information content (AvgIpc) is 2.36. The lowest BCUT2D eigenvalue weighted by atomic mass is 10.1. The van der Waals surface area contributed by atoms with Crippen LogP contribution in [0.25, 0.3) is 6.08 Å². The Balaban J connectivity index is 3.00. The van der Waals surface area contributed by atoms with Gasteiger partial charge in [-0.05, 0) is 12.1 Å². The van der Waals surface area contributed by atoms with Gasteiger partial charge < -0.3 is 19.7 Å². The smallest absolute Gasteiger partial charge is 0.343 e. The van der Waals surface area contributed by atoms with Crippen LogP contribution in [-0.4, -0.2) is 34.9 Å². The summed E-state index contributed by atoms with van der Waals surface area (Å²) in [5.74, 6) is -3.46. The highest BCUT2D eigenvalue weighted by Crippen LogP contribution is 2.21. The highest BCUT2D eigenvalue weighted by atomic mass is 16.7. The summed E-state index contributed by atoms with van der Waals surface area (Å²) in [6.07, 6.45) is 0.966. The highest BCUT2D eigenvalue weighted by Gasteiger charge is 2.16. The Morgan fingerprint density at radius 1 is 1.15 bits per heavy atom. The molecule has 0 saturated carbocycles. The van der Waals surface area contributed by atoms with E-state index in [1.807, 2.05) is 0 Å². The maximum absolute atomic E-state index is 10.8. The molecule has 1 aromatic carbocycles. The molecule has 0 saturated heterocycles. The summed E-state index contributed by atoms with van der Waals surface area (Å²) >= 11 is 0. The van der Waals surface area contributed by atoms with Gasteiger partial charge in [-0.15, -0.1) is 0 Å². The Morgan fingerprint density at radius 2 is 1.75 bits per heavy atom. The summed E-state index contributed by atoms with van der Waals surface area (Å²) in [5, 5.41) is 17.6. The predicted molar refractivity (Wildman–Crippen MR) is 67.0 cm³/mol. The van der Waals surface area contributed by atoms with Crippen LogP contribution in [0.3, 0.4) is 0 Å². The molecule has 0 bridgehead atoms. The summed E-state index contributed by atoms with van der Waals surface area (Å²) < 4.78 is 9.72. The second-order valence-corrected chi connectivity index (χ2v) is 3.60. The minimum absolute atomic E-state index is 0.203. The number of esters is 1. The quantitative estimate of drug-likeness (QED) is 0.264. The number of para-hydroxylation sites is 1. The van der Waals surface area contributed by atoms with Crippen molar-refractivity contribution in [2.45, 2.75) is 6.92 Å². The monoisotopic (exact) mass is 280 g/mol. The van der Waals surface area contributed by atoms with Crippen molar-refractivity contribution in [3.05, 3.63) is 35.4 Å². The molecule has 0 fully saturated rings. The lowest BCUT2D eigenvalue weighted by molar-refractivity contribution is -0.147. The van der Waals surface area contributed by atoms with Crippen molar-refractivity contribution in [1.29, 1.82) is 0 Å². The molecular formula is C13H12O7. The van der Waals surface area contributed by atoms with Gasteiger partial charge in [-0.3, -0.25) is 4.79 Å². The van der Waals surface area contributed by atoms with Crippen molar-refractivity contribution in [1.82, 2.24) is 0 Å². The molecule has 106 valence electrons. The number of carbonyl (C=O) groups is 3. The molecule has 0 aliphatic heterocycles. The van der Waals surface area contributed by atoms with Crippen molar-refractivity contribution < 1.29 is 34.1 Å². The molecule has 0 amide bonds. The number of carboxylic acids is 2. The fourth-order valence-electron chi connectivity index (χ4n) is 1.28. The van der Waals surface area contributed by atoms with Gasteiger partial charge in [0.25, 0.3) is 0 Å². The zero-order chi connectivity index (χ0) is 15.1. The van der Waals surface area contributed by atoms with Crippen molar-refractivity contribution in [2.75, 3.05) is 6.79 Å². The molecule has 7 heteroatoms.